The maximum atomic E-state index is 13.6. The molecule has 1 heterocycles. The highest BCUT2D eigenvalue weighted by atomic mass is 19.1. The highest BCUT2D eigenvalue weighted by molar-refractivity contribution is 5.95. The summed E-state index contributed by atoms with van der Waals surface area (Å²) in [7, 11) is 0. The predicted molar refractivity (Wildman–Crippen MR) is 60.2 cm³/mol. The number of benzene rings is 1. The van der Waals surface area contributed by atoms with Crippen molar-refractivity contribution in [3.05, 3.63) is 29.6 Å². The smallest absolute Gasteiger partial charge is 0.257 e. The number of fused-ring (bicyclic) bond motifs is 2. The summed E-state index contributed by atoms with van der Waals surface area (Å²) in [5.41, 5.74) is 0.0651. The van der Waals surface area contributed by atoms with E-state index in [2.05, 4.69) is 0 Å². The first-order valence-corrected chi connectivity index (χ1v) is 5.94. The largest absolute Gasteiger partial charge is 0.508 e. The van der Waals surface area contributed by atoms with E-state index < -0.39 is 5.82 Å². The van der Waals surface area contributed by atoms with Gasteiger partial charge in [-0.2, -0.15) is 0 Å². The van der Waals surface area contributed by atoms with Crippen LogP contribution in [0.3, 0.4) is 0 Å². The van der Waals surface area contributed by atoms with Crippen LogP contribution < -0.4 is 0 Å². The van der Waals surface area contributed by atoms with Crippen molar-refractivity contribution in [3.63, 3.8) is 0 Å². The Bertz CT molecular complexity index is 474. The second-order valence-electron chi connectivity index (χ2n) is 4.95. The van der Waals surface area contributed by atoms with Crippen LogP contribution >= 0.6 is 0 Å². The number of phenols is 1. The van der Waals surface area contributed by atoms with Gasteiger partial charge in [-0.15, -0.1) is 0 Å². The van der Waals surface area contributed by atoms with Crippen LogP contribution in [0.5, 0.6) is 5.75 Å². The second-order valence-corrected chi connectivity index (χ2v) is 4.95. The number of piperidine rings is 1. The van der Waals surface area contributed by atoms with E-state index in [9.17, 15) is 9.18 Å². The molecule has 0 aromatic heterocycles. The highest BCUT2D eigenvalue weighted by Crippen LogP contribution is 2.38. The fourth-order valence-corrected chi connectivity index (χ4v) is 3.01. The van der Waals surface area contributed by atoms with E-state index in [1.54, 1.807) is 4.90 Å². The van der Waals surface area contributed by atoms with E-state index >= 15 is 0 Å². The zero-order valence-corrected chi connectivity index (χ0v) is 9.40. The number of hydrogen-bond donors (Lipinski definition) is 1. The SMILES string of the molecule is O=C(c1ccc(O)cc1F)N1CC2CCC1C2. The molecule has 1 aliphatic heterocycles. The van der Waals surface area contributed by atoms with Crippen molar-refractivity contribution in [3.8, 4) is 5.75 Å². The average Bonchev–Trinajstić information content (AvgIpc) is 2.89. The van der Waals surface area contributed by atoms with E-state index in [1.165, 1.54) is 18.6 Å². The van der Waals surface area contributed by atoms with E-state index in [-0.39, 0.29) is 17.2 Å². The summed E-state index contributed by atoms with van der Waals surface area (Å²) < 4.78 is 13.6. The Morgan fingerprint density at radius 2 is 2.24 bits per heavy atom. The summed E-state index contributed by atoms with van der Waals surface area (Å²) >= 11 is 0. The topological polar surface area (TPSA) is 40.5 Å². The number of nitrogens with zero attached hydrogens (tertiary/aromatic N) is 1. The third kappa shape index (κ3) is 1.68. The fraction of sp³-hybridized carbons (Fsp3) is 0.462. The minimum atomic E-state index is -0.641. The molecule has 4 heteroatoms. The number of amides is 1. The van der Waals surface area contributed by atoms with Crippen molar-refractivity contribution in [1.29, 1.82) is 0 Å². The molecule has 1 saturated carbocycles. The van der Waals surface area contributed by atoms with Gasteiger partial charge in [-0.05, 0) is 37.3 Å². The van der Waals surface area contributed by atoms with Crippen LogP contribution in [0, 0.1) is 11.7 Å². The van der Waals surface area contributed by atoms with Gasteiger partial charge < -0.3 is 10.0 Å². The van der Waals surface area contributed by atoms with Gasteiger partial charge in [-0.1, -0.05) is 0 Å². The van der Waals surface area contributed by atoms with Crippen LogP contribution in [0.2, 0.25) is 0 Å². The van der Waals surface area contributed by atoms with Crippen molar-refractivity contribution in [2.45, 2.75) is 25.3 Å². The Hall–Kier alpha value is -1.58. The van der Waals surface area contributed by atoms with Crippen LogP contribution in [-0.2, 0) is 0 Å². The van der Waals surface area contributed by atoms with Gasteiger partial charge in [0.1, 0.15) is 11.6 Å². The summed E-state index contributed by atoms with van der Waals surface area (Å²) in [4.78, 5) is 14.0. The molecular weight excluding hydrogens is 221 g/mol. The zero-order valence-electron chi connectivity index (χ0n) is 9.40. The molecule has 2 aliphatic rings. The Kier molecular flexibility index (Phi) is 2.31. The average molecular weight is 235 g/mol. The molecule has 2 bridgehead atoms. The Morgan fingerprint density at radius 3 is 2.82 bits per heavy atom. The standard InChI is InChI=1S/C13H14FNO2/c14-12-6-10(16)3-4-11(12)13(17)15-7-8-1-2-9(15)5-8/h3-4,6,8-9,16H,1-2,5,7H2. The maximum absolute atomic E-state index is 13.6. The minimum absolute atomic E-state index is 0.0651. The molecule has 0 radical (unpaired) electrons. The normalized spacial score (nSPS) is 26.5. The lowest BCUT2D eigenvalue weighted by Gasteiger charge is -2.27. The minimum Gasteiger partial charge on any atom is -0.508 e. The molecule has 90 valence electrons. The van der Waals surface area contributed by atoms with Crippen molar-refractivity contribution in [2.24, 2.45) is 5.92 Å². The highest BCUT2D eigenvalue weighted by Gasteiger charge is 2.40. The predicted octanol–water partition coefficient (Wildman–Crippen LogP) is 2.16. The number of likely N-dealkylation sites (tertiary alicyclic amines) is 1. The summed E-state index contributed by atoms with van der Waals surface area (Å²) in [5.74, 6) is -0.432. The summed E-state index contributed by atoms with van der Waals surface area (Å²) in [6, 6.07) is 3.99. The van der Waals surface area contributed by atoms with Gasteiger partial charge >= 0.3 is 0 Å². The molecule has 3 rings (SSSR count). The number of carbonyl (C=O) groups excluding carboxylic acids is 1. The molecule has 2 atom stereocenters. The van der Waals surface area contributed by atoms with Gasteiger partial charge in [-0.25, -0.2) is 4.39 Å². The first kappa shape index (κ1) is 10.6. The number of phenolic OH excluding ortho intramolecular Hbond substituents is 1. The zero-order chi connectivity index (χ0) is 12.0. The number of halogens is 1. The molecule has 3 nitrogen and oxygen atoms in total. The quantitative estimate of drug-likeness (QED) is 0.810. The summed E-state index contributed by atoms with van der Waals surface area (Å²) in [6.45, 7) is 0.754. The molecule has 1 aromatic carbocycles. The van der Waals surface area contributed by atoms with E-state index in [0.29, 0.717) is 12.0 Å². The Labute approximate surface area is 98.9 Å². The molecule has 1 aromatic rings. The summed E-state index contributed by atoms with van der Waals surface area (Å²) in [6.07, 6.45) is 3.29. The lowest BCUT2D eigenvalue weighted by atomic mass is 10.1. The van der Waals surface area contributed by atoms with Gasteiger partial charge in [0.2, 0.25) is 0 Å². The van der Waals surface area contributed by atoms with E-state index in [0.717, 1.165) is 25.5 Å². The Morgan fingerprint density at radius 1 is 1.41 bits per heavy atom. The van der Waals surface area contributed by atoms with Gasteiger partial charge in [0.05, 0.1) is 5.56 Å². The molecule has 0 spiro atoms. The van der Waals surface area contributed by atoms with Crippen LogP contribution in [0.25, 0.3) is 0 Å². The molecule has 17 heavy (non-hydrogen) atoms. The first-order valence-electron chi connectivity index (χ1n) is 5.94. The molecule has 1 N–H and O–H groups in total. The molecule has 2 fully saturated rings. The molecule has 1 amide bonds. The van der Waals surface area contributed by atoms with Gasteiger partial charge in [0, 0.05) is 18.7 Å². The Balaban J connectivity index is 1.87. The van der Waals surface area contributed by atoms with Crippen molar-refractivity contribution in [1.82, 2.24) is 4.90 Å². The van der Waals surface area contributed by atoms with Crippen molar-refractivity contribution >= 4 is 5.91 Å². The fourth-order valence-electron chi connectivity index (χ4n) is 3.01. The summed E-state index contributed by atoms with van der Waals surface area (Å²) in [5, 5.41) is 9.12. The number of aromatic hydroxyl groups is 1. The first-order chi connectivity index (χ1) is 8.15. The van der Waals surface area contributed by atoms with Gasteiger partial charge in [0.15, 0.2) is 0 Å². The monoisotopic (exact) mass is 235 g/mol. The number of hydrogen-bond acceptors (Lipinski definition) is 2. The van der Waals surface area contributed by atoms with Crippen LogP contribution in [-0.4, -0.2) is 28.5 Å². The maximum Gasteiger partial charge on any atom is 0.257 e. The lowest BCUT2D eigenvalue weighted by Crippen LogP contribution is -2.38. The third-order valence-electron chi connectivity index (χ3n) is 3.85. The van der Waals surface area contributed by atoms with Crippen LogP contribution in [0.15, 0.2) is 18.2 Å². The third-order valence-corrected chi connectivity index (χ3v) is 3.85. The molecule has 2 unspecified atom stereocenters. The lowest BCUT2D eigenvalue weighted by molar-refractivity contribution is 0.0699. The van der Waals surface area contributed by atoms with Gasteiger partial charge in [-0.3, -0.25) is 4.79 Å². The number of carbonyl (C=O) groups is 1. The van der Waals surface area contributed by atoms with Crippen molar-refractivity contribution < 1.29 is 14.3 Å². The van der Waals surface area contributed by atoms with E-state index in [1.807, 2.05) is 0 Å². The van der Waals surface area contributed by atoms with E-state index in [4.69, 9.17) is 5.11 Å². The molecular formula is C13H14FNO2. The second kappa shape index (κ2) is 3.72. The molecule has 1 aliphatic carbocycles. The van der Waals surface area contributed by atoms with Gasteiger partial charge in [0.25, 0.3) is 5.91 Å². The number of rotatable bonds is 1. The van der Waals surface area contributed by atoms with Crippen LogP contribution in [0.1, 0.15) is 29.6 Å². The van der Waals surface area contributed by atoms with Crippen LogP contribution in [0.4, 0.5) is 4.39 Å². The molecule has 1 saturated heterocycles. The van der Waals surface area contributed by atoms with Crippen molar-refractivity contribution in [2.75, 3.05) is 6.54 Å².